The highest BCUT2D eigenvalue weighted by Crippen LogP contribution is 2.18. The summed E-state index contributed by atoms with van der Waals surface area (Å²) in [6.07, 6.45) is 4.11. The zero-order valence-corrected chi connectivity index (χ0v) is 13.6. The first-order valence-electron chi connectivity index (χ1n) is 6.63. The smallest absolute Gasteiger partial charge is 0.407 e. The molecule has 1 aromatic heterocycles. The van der Waals surface area contributed by atoms with Gasteiger partial charge in [0.1, 0.15) is 10.5 Å². The van der Waals surface area contributed by atoms with Gasteiger partial charge in [-0.05, 0) is 45.4 Å². The van der Waals surface area contributed by atoms with Crippen molar-refractivity contribution in [2.75, 3.05) is 13.7 Å². The zero-order chi connectivity index (χ0) is 15.9. The summed E-state index contributed by atoms with van der Waals surface area (Å²) in [6, 6.07) is 3.59. The number of hydrogen-bond acceptors (Lipinski definition) is 5. The maximum atomic E-state index is 11.4. The number of hydrogen-bond donors (Lipinski definition) is 1. The Morgan fingerprint density at radius 2 is 2.05 bits per heavy atom. The molecule has 1 N–H and O–H groups in total. The first-order chi connectivity index (χ1) is 9.81. The molecule has 1 aromatic rings. The van der Waals surface area contributed by atoms with Crippen LogP contribution in [0.5, 0.6) is 0 Å². The van der Waals surface area contributed by atoms with E-state index in [0.29, 0.717) is 17.8 Å². The van der Waals surface area contributed by atoms with Crippen molar-refractivity contribution in [3.8, 4) is 0 Å². The molecule has 0 unspecified atom stereocenters. The highest BCUT2D eigenvalue weighted by Gasteiger charge is 2.15. The number of nitrogens with one attached hydrogen (secondary N) is 1. The van der Waals surface area contributed by atoms with Gasteiger partial charge in [-0.15, -0.1) is 11.3 Å². The number of carbonyl (C=O) groups excluding carboxylic acids is 2. The van der Waals surface area contributed by atoms with Crippen molar-refractivity contribution >= 4 is 29.5 Å². The molecule has 116 valence electrons. The topological polar surface area (TPSA) is 64.6 Å². The summed E-state index contributed by atoms with van der Waals surface area (Å²) in [5.41, 5.74) is -0.485. The average molecular weight is 311 g/mol. The molecule has 5 nitrogen and oxygen atoms in total. The second kappa shape index (κ2) is 7.83. The molecule has 0 bridgehead atoms. The molecule has 0 saturated heterocycles. The summed E-state index contributed by atoms with van der Waals surface area (Å²) in [7, 11) is 1.36. The molecule has 0 aliphatic heterocycles. The minimum absolute atomic E-state index is 0.328. The Kier molecular flexibility index (Phi) is 6.42. The predicted molar refractivity (Wildman–Crippen MR) is 83.5 cm³/mol. The quantitative estimate of drug-likeness (QED) is 0.668. The zero-order valence-electron chi connectivity index (χ0n) is 12.8. The van der Waals surface area contributed by atoms with Gasteiger partial charge in [0.05, 0.1) is 7.11 Å². The Bertz CT molecular complexity index is 514. The van der Waals surface area contributed by atoms with Gasteiger partial charge in [-0.25, -0.2) is 9.59 Å². The van der Waals surface area contributed by atoms with E-state index in [0.717, 1.165) is 4.88 Å². The van der Waals surface area contributed by atoms with Crippen LogP contribution in [0.2, 0.25) is 0 Å². The second-order valence-electron chi connectivity index (χ2n) is 5.31. The van der Waals surface area contributed by atoms with E-state index in [9.17, 15) is 9.59 Å². The Morgan fingerprint density at radius 1 is 1.33 bits per heavy atom. The monoisotopic (exact) mass is 311 g/mol. The van der Waals surface area contributed by atoms with Crippen molar-refractivity contribution in [3.05, 3.63) is 28.0 Å². The normalized spacial score (nSPS) is 11.4. The molecule has 6 heteroatoms. The van der Waals surface area contributed by atoms with Crippen LogP contribution in [0.1, 0.15) is 41.7 Å². The molecule has 0 fully saturated rings. The molecular weight excluding hydrogens is 290 g/mol. The van der Waals surface area contributed by atoms with E-state index >= 15 is 0 Å². The van der Waals surface area contributed by atoms with E-state index in [-0.39, 0.29) is 5.97 Å². The number of rotatable bonds is 5. The van der Waals surface area contributed by atoms with E-state index in [1.807, 2.05) is 39.0 Å². The molecule has 1 amide bonds. The number of carbonyl (C=O) groups is 2. The maximum Gasteiger partial charge on any atom is 0.407 e. The summed E-state index contributed by atoms with van der Waals surface area (Å²) in [5, 5.41) is 2.67. The van der Waals surface area contributed by atoms with Crippen molar-refractivity contribution in [2.45, 2.75) is 32.8 Å². The Balaban J connectivity index is 2.31. The van der Waals surface area contributed by atoms with Crippen LogP contribution >= 0.6 is 11.3 Å². The van der Waals surface area contributed by atoms with Crippen molar-refractivity contribution in [1.82, 2.24) is 5.32 Å². The SMILES string of the molecule is COC(=O)c1ccc(C=CCCNC(=O)OC(C)(C)C)s1. The minimum atomic E-state index is -0.485. The molecule has 0 aliphatic carbocycles. The standard InChI is InChI=1S/C15H21NO4S/c1-15(2,3)20-14(18)16-10-6-5-7-11-8-9-12(21-11)13(17)19-4/h5,7-9H,6,10H2,1-4H3,(H,16,18). The third-order valence-electron chi connectivity index (χ3n) is 2.27. The van der Waals surface area contributed by atoms with E-state index < -0.39 is 11.7 Å². The van der Waals surface area contributed by atoms with Crippen molar-refractivity contribution in [3.63, 3.8) is 0 Å². The highest BCUT2D eigenvalue weighted by molar-refractivity contribution is 7.14. The van der Waals surface area contributed by atoms with Crippen LogP contribution in [0.4, 0.5) is 4.79 Å². The van der Waals surface area contributed by atoms with E-state index in [2.05, 4.69) is 10.1 Å². The second-order valence-corrected chi connectivity index (χ2v) is 6.43. The summed E-state index contributed by atoms with van der Waals surface area (Å²) >= 11 is 1.36. The van der Waals surface area contributed by atoms with Crippen molar-refractivity contribution < 1.29 is 19.1 Å². The van der Waals surface area contributed by atoms with Crippen LogP contribution < -0.4 is 5.32 Å². The number of ether oxygens (including phenoxy) is 2. The van der Waals surface area contributed by atoms with Crippen LogP contribution in [0.3, 0.4) is 0 Å². The van der Waals surface area contributed by atoms with Crippen molar-refractivity contribution in [1.29, 1.82) is 0 Å². The summed E-state index contributed by atoms with van der Waals surface area (Å²) in [5.74, 6) is -0.328. The fraction of sp³-hybridized carbons (Fsp3) is 0.467. The van der Waals surface area contributed by atoms with Crippen molar-refractivity contribution in [2.24, 2.45) is 0 Å². The Hall–Kier alpha value is -1.82. The molecule has 0 atom stereocenters. The molecular formula is C15H21NO4S. The summed E-state index contributed by atoms with van der Waals surface area (Å²) < 4.78 is 9.77. The molecule has 1 heterocycles. The Labute approximate surface area is 128 Å². The van der Waals surface area contributed by atoms with Crippen LogP contribution in [-0.4, -0.2) is 31.3 Å². The maximum absolute atomic E-state index is 11.4. The lowest BCUT2D eigenvalue weighted by Gasteiger charge is -2.19. The Morgan fingerprint density at radius 3 is 2.67 bits per heavy atom. The molecule has 0 radical (unpaired) electrons. The molecule has 0 aliphatic rings. The molecule has 0 aromatic carbocycles. The molecule has 1 rings (SSSR count). The third-order valence-corrected chi connectivity index (χ3v) is 3.31. The fourth-order valence-corrected chi connectivity index (χ4v) is 2.28. The largest absolute Gasteiger partial charge is 0.465 e. The van der Waals surface area contributed by atoms with Crippen LogP contribution in [0, 0.1) is 0 Å². The third kappa shape index (κ3) is 6.94. The number of amides is 1. The van der Waals surface area contributed by atoms with Crippen LogP contribution in [0.15, 0.2) is 18.2 Å². The predicted octanol–water partition coefficient (Wildman–Crippen LogP) is 3.46. The number of thiophene rings is 1. The van der Waals surface area contributed by atoms with Gasteiger partial charge in [0.25, 0.3) is 0 Å². The van der Waals surface area contributed by atoms with Crippen LogP contribution in [0.25, 0.3) is 6.08 Å². The lowest BCUT2D eigenvalue weighted by Crippen LogP contribution is -2.32. The molecule has 0 saturated carbocycles. The van der Waals surface area contributed by atoms with E-state index in [1.54, 1.807) is 6.07 Å². The summed E-state index contributed by atoms with van der Waals surface area (Å²) in [6.45, 7) is 5.97. The lowest BCUT2D eigenvalue weighted by molar-refractivity contribution is 0.0527. The van der Waals surface area contributed by atoms with Gasteiger partial charge in [0.15, 0.2) is 0 Å². The minimum Gasteiger partial charge on any atom is -0.465 e. The van der Waals surface area contributed by atoms with Crippen LogP contribution in [-0.2, 0) is 9.47 Å². The van der Waals surface area contributed by atoms with Gasteiger partial charge in [0, 0.05) is 11.4 Å². The molecule has 0 spiro atoms. The molecule has 21 heavy (non-hydrogen) atoms. The fourth-order valence-electron chi connectivity index (χ4n) is 1.42. The van der Waals surface area contributed by atoms with Gasteiger partial charge in [-0.1, -0.05) is 6.08 Å². The van der Waals surface area contributed by atoms with Gasteiger partial charge < -0.3 is 14.8 Å². The van der Waals surface area contributed by atoms with Gasteiger partial charge in [-0.2, -0.15) is 0 Å². The van der Waals surface area contributed by atoms with Gasteiger partial charge in [0.2, 0.25) is 0 Å². The average Bonchev–Trinajstić information content (AvgIpc) is 2.84. The van der Waals surface area contributed by atoms with Gasteiger partial charge >= 0.3 is 12.1 Å². The first-order valence-corrected chi connectivity index (χ1v) is 7.45. The number of alkyl carbamates (subject to hydrolysis) is 1. The highest BCUT2D eigenvalue weighted by atomic mass is 32.1. The van der Waals surface area contributed by atoms with Gasteiger partial charge in [-0.3, -0.25) is 0 Å². The first kappa shape index (κ1) is 17.2. The summed E-state index contributed by atoms with van der Waals surface area (Å²) in [4.78, 5) is 24.2. The number of methoxy groups -OCH3 is 1. The number of esters is 1. The van der Waals surface area contributed by atoms with E-state index in [1.165, 1.54) is 18.4 Å². The lowest BCUT2D eigenvalue weighted by atomic mass is 10.2. The van der Waals surface area contributed by atoms with E-state index in [4.69, 9.17) is 4.74 Å².